The number of nitrogens with zero attached hydrogens (tertiary/aromatic N) is 4. The van der Waals surface area contributed by atoms with E-state index in [0.29, 0.717) is 43.1 Å². The molecule has 2 aliphatic rings. The summed E-state index contributed by atoms with van der Waals surface area (Å²) in [5.41, 5.74) is 1.02. The molecule has 2 aromatic rings. The molecule has 2 amide bonds. The fraction of sp³-hybridized carbons (Fsp3) is 0.429. The zero-order valence-corrected chi connectivity index (χ0v) is 16.3. The molecule has 7 nitrogen and oxygen atoms in total. The first-order valence-electron chi connectivity index (χ1n) is 9.74. The fourth-order valence-corrected chi connectivity index (χ4v) is 4.00. The minimum Gasteiger partial charge on any atom is -0.363 e. The summed E-state index contributed by atoms with van der Waals surface area (Å²) in [6.07, 6.45) is 5.15. The number of halogens is 1. The van der Waals surface area contributed by atoms with Crippen LogP contribution in [0.25, 0.3) is 0 Å². The quantitative estimate of drug-likeness (QED) is 0.776. The van der Waals surface area contributed by atoms with Gasteiger partial charge in [-0.15, -0.1) is 0 Å². The Morgan fingerprint density at radius 2 is 2.10 bits per heavy atom. The first-order valence-corrected chi connectivity index (χ1v) is 9.74. The third-order valence-electron chi connectivity index (χ3n) is 5.53. The third kappa shape index (κ3) is 4.12. The number of anilines is 1. The molecule has 1 aromatic heterocycles. The molecule has 1 unspecified atom stereocenters. The van der Waals surface area contributed by atoms with Crippen LogP contribution in [0.1, 0.15) is 35.4 Å². The highest BCUT2D eigenvalue weighted by Crippen LogP contribution is 2.33. The maximum Gasteiger partial charge on any atom is 0.274 e. The topological polar surface area (TPSA) is 75.6 Å². The van der Waals surface area contributed by atoms with E-state index < -0.39 is 5.60 Å². The van der Waals surface area contributed by atoms with Crippen LogP contribution in [0.4, 0.5) is 10.1 Å². The van der Waals surface area contributed by atoms with Gasteiger partial charge in [0.05, 0.1) is 24.0 Å². The first kappa shape index (κ1) is 19.4. The van der Waals surface area contributed by atoms with Gasteiger partial charge >= 0.3 is 0 Å². The number of rotatable bonds is 2. The van der Waals surface area contributed by atoms with E-state index >= 15 is 0 Å². The smallest absolute Gasteiger partial charge is 0.274 e. The van der Waals surface area contributed by atoms with E-state index in [2.05, 4.69) is 9.97 Å². The van der Waals surface area contributed by atoms with Gasteiger partial charge in [0.1, 0.15) is 18.1 Å². The van der Waals surface area contributed by atoms with Crippen LogP contribution in [-0.4, -0.2) is 58.5 Å². The molecule has 29 heavy (non-hydrogen) atoms. The maximum atomic E-state index is 13.7. The number of carbonyl (C=O) groups is 2. The summed E-state index contributed by atoms with van der Waals surface area (Å²) >= 11 is 0. The van der Waals surface area contributed by atoms with Crippen molar-refractivity contribution < 1.29 is 18.7 Å². The van der Waals surface area contributed by atoms with Gasteiger partial charge in [-0.25, -0.2) is 9.37 Å². The Kier molecular flexibility index (Phi) is 5.27. The van der Waals surface area contributed by atoms with Crippen molar-refractivity contribution in [1.82, 2.24) is 14.9 Å². The number of benzene rings is 1. The number of aromatic nitrogens is 2. The van der Waals surface area contributed by atoms with Crippen molar-refractivity contribution in [2.75, 3.05) is 31.1 Å². The van der Waals surface area contributed by atoms with E-state index in [-0.39, 0.29) is 24.2 Å². The summed E-state index contributed by atoms with van der Waals surface area (Å²) in [4.78, 5) is 36.9. The summed E-state index contributed by atoms with van der Waals surface area (Å²) < 4.78 is 19.6. The van der Waals surface area contributed by atoms with Crippen LogP contribution in [0.5, 0.6) is 0 Å². The minimum atomic E-state index is -0.548. The fourth-order valence-electron chi connectivity index (χ4n) is 4.00. The number of carbonyl (C=O) groups excluding carboxylic acids is 2. The summed E-state index contributed by atoms with van der Waals surface area (Å²) in [7, 11) is 0. The van der Waals surface area contributed by atoms with Crippen LogP contribution in [0, 0.1) is 12.7 Å². The molecule has 0 aliphatic carbocycles. The lowest BCUT2D eigenvalue weighted by atomic mass is 9.92. The van der Waals surface area contributed by atoms with E-state index in [1.54, 1.807) is 35.1 Å². The van der Waals surface area contributed by atoms with E-state index in [9.17, 15) is 14.0 Å². The lowest BCUT2D eigenvalue weighted by Crippen LogP contribution is -2.55. The normalized spacial score (nSPS) is 22.6. The zero-order chi connectivity index (χ0) is 20.4. The highest BCUT2D eigenvalue weighted by Gasteiger charge is 2.42. The van der Waals surface area contributed by atoms with Crippen molar-refractivity contribution in [3.63, 3.8) is 0 Å². The van der Waals surface area contributed by atoms with Crippen LogP contribution in [-0.2, 0) is 9.53 Å². The maximum absolute atomic E-state index is 13.7. The molecular weight excluding hydrogens is 375 g/mol. The Balaban J connectivity index is 1.49. The molecule has 2 aliphatic heterocycles. The van der Waals surface area contributed by atoms with E-state index in [1.807, 2.05) is 0 Å². The number of aryl methyl sites for hydroxylation is 1. The predicted octanol–water partition coefficient (Wildman–Crippen LogP) is 2.35. The lowest BCUT2D eigenvalue weighted by molar-refractivity contribution is -0.140. The molecule has 3 heterocycles. The molecular formula is C21H23FN4O3. The highest BCUT2D eigenvalue weighted by atomic mass is 19.1. The summed E-state index contributed by atoms with van der Waals surface area (Å²) in [6, 6.07) is 6.03. The Morgan fingerprint density at radius 1 is 1.24 bits per heavy atom. The molecule has 4 rings (SSSR count). The average molecular weight is 398 g/mol. The van der Waals surface area contributed by atoms with Crippen LogP contribution in [0.2, 0.25) is 0 Å². The van der Waals surface area contributed by atoms with Gasteiger partial charge in [0, 0.05) is 25.0 Å². The van der Waals surface area contributed by atoms with Crippen LogP contribution in [0.15, 0.2) is 36.7 Å². The SMILES string of the molecule is Cc1cncc(C(=O)N2CCCC3(CC2)CN(c2cccc(F)c2)C(=O)CO3)n1. The van der Waals surface area contributed by atoms with Crippen molar-refractivity contribution >= 4 is 17.5 Å². The summed E-state index contributed by atoms with van der Waals surface area (Å²) in [5, 5.41) is 0. The van der Waals surface area contributed by atoms with Crippen molar-refractivity contribution in [1.29, 1.82) is 0 Å². The lowest BCUT2D eigenvalue weighted by Gasteiger charge is -2.42. The highest BCUT2D eigenvalue weighted by molar-refractivity contribution is 5.95. The van der Waals surface area contributed by atoms with Crippen LogP contribution < -0.4 is 4.90 Å². The molecule has 2 saturated heterocycles. The number of ether oxygens (including phenoxy) is 1. The molecule has 1 spiro atoms. The Morgan fingerprint density at radius 3 is 2.90 bits per heavy atom. The van der Waals surface area contributed by atoms with Crippen molar-refractivity contribution in [3.05, 3.63) is 53.9 Å². The summed E-state index contributed by atoms with van der Waals surface area (Å²) in [5.74, 6) is -0.715. The molecule has 0 saturated carbocycles. The number of hydrogen-bond acceptors (Lipinski definition) is 5. The second kappa shape index (κ2) is 7.87. The molecule has 0 N–H and O–H groups in total. The van der Waals surface area contributed by atoms with Gasteiger partial charge in [-0.2, -0.15) is 0 Å². The number of hydrogen-bond donors (Lipinski definition) is 0. The number of morpholine rings is 1. The molecule has 152 valence electrons. The average Bonchev–Trinajstić information content (AvgIpc) is 2.92. The number of amides is 2. The van der Waals surface area contributed by atoms with Gasteiger partial charge in [-0.3, -0.25) is 14.6 Å². The minimum absolute atomic E-state index is 0.0478. The number of likely N-dealkylation sites (tertiary alicyclic amines) is 1. The molecule has 8 heteroatoms. The molecule has 0 radical (unpaired) electrons. The Hall–Kier alpha value is -2.87. The van der Waals surface area contributed by atoms with Crippen LogP contribution >= 0.6 is 0 Å². The summed E-state index contributed by atoms with van der Waals surface area (Å²) in [6.45, 7) is 3.19. The molecule has 2 fully saturated rings. The van der Waals surface area contributed by atoms with Gasteiger partial charge in [-0.05, 0) is 44.4 Å². The first-order chi connectivity index (χ1) is 14.0. The van der Waals surface area contributed by atoms with Crippen molar-refractivity contribution in [3.8, 4) is 0 Å². The second-order valence-corrected chi connectivity index (χ2v) is 7.62. The van der Waals surface area contributed by atoms with E-state index in [4.69, 9.17) is 4.74 Å². The van der Waals surface area contributed by atoms with Crippen LogP contribution in [0.3, 0.4) is 0 Å². The molecule has 0 bridgehead atoms. The largest absolute Gasteiger partial charge is 0.363 e. The van der Waals surface area contributed by atoms with Gasteiger partial charge < -0.3 is 14.5 Å². The third-order valence-corrected chi connectivity index (χ3v) is 5.53. The van der Waals surface area contributed by atoms with E-state index in [1.165, 1.54) is 18.3 Å². The van der Waals surface area contributed by atoms with Gasteiger partial charge in [-0.1, -0.05) is 6.07 Å². The van der Waals surface area contributed by atoms with Gasteiger partial charge in [0.25, 0.3) is 11.8 Å². The predicted molar refractivity (Wildman–Crippen MR) is 104 cm³/mol. The van der Waals surface area contributed by atoms with E-state index in [0.717, 1.165) is 12.8 Å². The van der Waals surface area contributed by atoms with Crippen molar-refractivity contribution in [2.45, 2.75) is 31.8 Å². The molecule has 1 aromatic carbocycles. The Labute approximate surface area is 168 Å². The van der Waals surface area contributed by atoms with Crippen molar-refractivity contribution in [2.24, 2.45) is 0 Å². The zero-order valence-electron chi connectivity index (χ0n) is 16.3. The molecule has 1 atom stereocenters. The standard InChI is InChI=1S/C21H23FN4O3/c1-15-11-23-12-18(24-15)20(28)25-8-3-6-21(7-9-25)14-26(19(27)13-29-21)17-5-2-4-16(22)10-17/h2,4-5,10-12H,3,6-9,13-14H2,1H3. The monoisotopic (exact) mass is 398 g/mol. The van der Waals surface area contributed by atoms with Gasteiger partial charge in [0.2, 0.25) is 0 Å². The van der Waals surface area contributed by atoms with Gasteiger partial charge in [0.15, 0.2) is 0 Å². The Bertz CT molecular complexity index is 938. The second-order valence-electron chi connectivity index (χ2n) is 7.62.